The van der Waals surface area contributed by atoms with Gasteiger partial charge in [-0.1, -0.05) is 72.0 Å². The number of aromatic carboxylic acids is 1. The molecule has 0 aliphatic rings. The zero-order valence-corrected chi connectivity index (χ0v) is 18.1. The van der Waals surface area contributed by atoms with Crippen LogP contribution in [-0.4, -0.2) is 20.4 Å². The van der Waals surface area contributed by atoms with Crippen molar-refractivity contribution in [2.75, 3.05) is 0 Å². The lowest BCUT2D eigenvalue weighted by Crippen LogP contribution is -2.22. The highest BCUT2D eigenvalue weighted by Crippen LogP contribution is 2.26. The first-order valence-corrected chi connectivity index (χ1v) is 11.0. The average molecular weight is 458 g/mol. The summed E-state index contributed by atoms with van der Waals surface area (Å²) in [4.78, 5) is 43.4. The standard InChI is InChI=1S/C25H18N2O5S/c28-22-18(24(29)30)14-27(32-15-17-9-5-2-6-10-17)19-11-12-20-23(21(19)22)33-25(31)26(20)13-16-7-3-1-4-8-16/h1-12,14H,13,15H2,(H,29,30). The fourth-order valence-electron chi connectivity index (χ4n) is 3.79. The number of fused-ring (bicyclic) bond motifs is 3. The number of carbonyl (C=O) groups is 1. The molecule has 0 saturated carbocycles. The normalized spacial score (nSPS) is 11.2. The summed E-state index contributed by atoms with van der Waals surface area (Å²) in [5, 5.41) is 9.79. The zero-order valence-electron chi connectivity index (χ0n) is 17.3. The third-order valence-electron chi connectivity index (χ3n) is 5.40. The number of thiazole rings is 1. The smallest absolute Gasteiger partial charge is 0.341 e. The lowest BCUT2D eigenvalue weighted by atomic mass is 10.1. The molecule has 33 heavy (non-hydrogen) atoms. The Hall–Kier alpha value is -4.17. The number of benzene rings is 3. The molecule has 2 heterocycles. The highest BCUT2D eigenvalue weighted by molar-refractivity contribution is 7.17. The van der Waals surface area contributed by atoms with Gasteiger partial charge in [0, 0.05) is 0 Å². The second kappa shape index (κ2) is 8.40. The van der Waals surface area contributed by atoms with Crippen LogP contribution in [0.5, 0.6) is 0 Å². The lowest BCUT2D eigenvalue weighted by Gasteiger charge is -2.14. The van der Waals surface area contributed by atoms with Crippen LogP contribution in [-0.2, 0) is 13.2 Å². The van der Waals surface area contributed by atoms with E-state index in [1.165, 1.54) is 10.9 Å². The van der Waals surface area contributed by atoms with Crippen LogP contribution in [0.25, 0.3) is 21.1 Å². The van der Waals surface area contributed by atoms with Gasteiger partial charge >= 0.3 is 10.8 Å². The van der Waals surface area contributed by atoms with Crippen molar-refractivity contribution < 1.29 is 14.7 Å². The van der Waals surface area contributed by atoms with Gasteiger partial charge in [0.15, 0.2) is 0 Å². The minimum atomic E-state index is -1.35. The van der Waals surface area contributed by atoms with Crippen molar-refractivity contribution in [2.24, 2.45) is 0 Å². The minimum Gasteiger partial charge on any atom is -0.477 e. The Morgan fingerprint density at radius 3 is 2.18 bits per heavy atom. The van der Waals surface area contributed by atoms with Gasteiger partial charge in [-0.2, -0.15) is 4.73 Å². The van der Waals surface area contributed by atoms with Gasteiger partial charge in [-0.15, -0.1) is 0 Å². The molecule has 7 nitrogen and oxygen atoms in total. The summed E-state index contributed by atoms with van der Waals surface area (Å²) in [7, 11) is 0. The van der Waals surface area contributed by atoms with Gasteiger partial charge in [0.25, 0.3) is 0 Å². The van der Waals surface area contributed by atoms with E-state index in [2.05, 4.69) is 0 Å². The molecule has 8 heteroatoms. The molecule has 0 atom stereocenters. The van der Waals surface area contributed by atoms with E-state index in [-0.39, 0.29) is 16.9 Å². The van der Waals surface area contributed by atoms with Crippen molar-refractivity contribution in [1.82, 2.24) is 9.30 Å². The van der Waals surface area contributed by atoms with Crippen molar-refractivity contribution in [1.29, 1.82) is 0 Å². The monoisotopic (exact) mass is 458 g/mol. The second-order valence-electron chi connectivity index (χ2n) is 7.51. The Labute approximate surface area is 191 Å². The molecule has 164 valence electrons. The molecular formula is C25H18N2O5S. The molecular weight excluding hydrogens is 440 g/mol. The largest absolute Gasteiger partial charge is 0.477 e. The van der Waals surface area contributed by atoms with Crippen LogP contribution >= 0.6 is 11.3 Å². The molecule has 0 saturated heterocycles. The first-order chi connectivity index (χ1) is 16.0. The van der Waals surface area contributed by atoms with Gasteiger partial charge in [-0.25, -0.2) is 4.79 Å². The highest BCUT2D eigenvalue weighted by Gasteiger charge is 2.20. The van der Waals surface area contributed by atoms with E-state index in [9.17, 15) is 19.5 Å². The summed E-state index contributed by atoms with van der Waals surface area (Å²) in [6.45, 7) is 0.531. The van der Waals surface area contributed by atoms with Crippen LogP contribution in [0.3, 0.4) is 0 Å². The predicted molar refractivity (Wildman–Crippen MR) is 127 cm³/mol. The molecule has 5 aromatic rings. The number of hydrogen-bond donors (Lipinski definition) is 1. The number of carboxylic acids is 1. The summed E-state index contributed by atoms with van der Waals surface area (Å²) in [5.41, 5.74) is 1.76. The zero-order chi connectivity index (χ0) is 22.9. The minimum absolute atomic E-state index is 0.161. The summed E-state index contributed by atoms with van der Waals surface area (Å²) in [6, 6.07) is 22.4. The quantitative estimate of drug-likeness (QED) is 0.419. The van der Waals surface area contributed by atoms with Crippen LogP contribution in [0.4, 0.5) is 0 Å². The van der Waals surface area contributed by atoms with Gasteiger partial charge in [0.2, 0.25) is 5.43 Å². The molecule has 0 radical (unpaired) electrons. The van der Waals surface area contributed by atoms with Crippen LogP contribution < -0.4 is 15.1 Å². The van der Waals surface area contributed by atoms with E-state index >= 15 is 0 Å². The SMILES string of the molecule is O=C(O)c1cn(OCc2ccccc2)c2ccc3c(sc(=O)n3Cc3ccccc3)c2c1=O. The number of nitrogens with zero attached hydrogens (tertiary/aromatic N) is 2. The second-order valence-corrected chi connectivity index (χ2v) is 8.47. The number of hydrogen-bond acceptors (Lipinski definition) is 5. The van der Waals surface area contributed by atoms with Gasteiger partial charge in [0.05, 0.1) is 33.9 Å². The van der Waals surface area contributed by atoms with E-state index in [0.717, 1.165) is 22.5 Å². The van der Waals surface area contributed by atoms with Gasteiger partial charge in [0.1, 0.15) is 12.2 Å². The fraction of sp³-hybridized carbons (Fsp3) is 0.0800. The Morgan fingerprint density at radius 2 is 1.52 bits per heavy atom. The Bertz CT molecular complexity index is 1600. The van der Waals surface area contributed by atoms with E-state index in [1.54, 1.807) is 16.7 Å². The molecule has 0 spiro atoms. The molecule has 0 bridgehead atoms. The maximum atomic E-state index is 13.1. The molecule has 0 unspecified atom stereocenters. The number of aromatic nitrogens is 2. The highest BCUT2D eigenvalue weighted by atomic mass is 32.1. The summed E-state index contributed by atoms with van der Waals surface area (Å²) < 4.78 is 3.34. The van der Waals surface area contributed by atoms with Crippen LogP contribution in [0.2, 0.25) is 0 Å². The predicted octanol–water partition coefficient (Wildman–Crippen LogP) is 3.75. The number of pyridine rings is 1. The van der Waals surface area contributed by atoms with E-state index in [4.69, 9.17) is 4.84 Å². The topological polar surface area (TPSA) is 90.5 Å². The van der Waals surface area contributed by atoms with Crippen LogP contribution in [0.15, 0.2) is 88.6 Å². The third-order valence-corrected chi connectivity index (χ3v) is 6.41. The molecule has 5 rings (SSSR count). The van der Waals surface area contributed by atoms with Crippen molar-refractivity contribution in [3.8, 4) is 0 Å². The number of rotatable bonds is 6. The third kappa shape index (κ3) is 3.81. The molecule has 2 aromatic heterocycles. The van der Waals surface area contributed by atoms with Gasteiger partial charge in [-0.3, -0.25) is 14.2 Å². The average Bonchev–Trinajstić information content (AvgIpc) is 3.14. The maximum Gasteiger partial charge on any atom is 0.341 e. The van der Waals surface area contributed by atoms with Crippen molar-refractivity contribution >= 4 is 38.4 Å². The molecule has 0 fully saturated rings. The van der Waals surface area contributed by atoms with Gasteiger partial charge in [-0.05, 0) is 23.3 Å². The first kappa shape index (κ1) is 20.7. The maximum absolute atomic E-state index is 13.1. The van der Waals surface area contributed by atoms with E-state index in [1.807, 2.05) is 60.7 Å². The molecule has 0 amide bonds. The van der Waals surface area contributed by atoms with Crippen LogP contribution in [0, 0.1) is 0 Å². The lowest BCUT2D eigenvalue weighted by molar-refractivity contribution is 0.0683. The summed E-state index contributed by atoms with van der Waals surface area (Å²) >= 11 is 0.931. The van der Waals surface area contributed by atoms with Gasteiger partial charge < -0.3 is 9.94 Å². The van der Waals surface area contributed by atoms with E-state index in [0.29, 0.717) is 22.3 Å². The fourth-order valence-corrected chi connectivity index (χ4v) is 4.82. The Morgan fingerprint density at radius 1 is 0.879 bits per heavy atom. The molecule has 3 aromatic carbocycles. The molecule has 1 N–H and O–H groups in total. The van der Waals surface area contributed by atoms with Crippen molar-refractivity contribution in [3.63, 3.8) is 0 Å². The van der Waals surface area contributed by atoms with Crippen molar-refractivity contribution in [2.45, 2.75) is 13.2 Å². The Balaban J connectivity index is 1.70. The molecule has 0 aliphatic heterocycles. The Kier molecular flexibility index (Phi) is 5.27. The van der Waals surface area contributed by atoms with E-state index < -0.39 is 17.0 Å². The first-order valence-electron chi connectivity index (χ1n) is 10.2. The molecule has 0 aliphatic carbocycles. The number of carboxylic acid groups (broad SMARTS) is 1. The van der Waals surface area contributed by atoms with Crippen molar-refractivity contribution in [3.05, 3.63) is 116 Å². The van der Waals surface area contributed by atoms with Crippen LogP contribution in [0.1, 0.15) is 21.5 Å². The summed E-state index contributed by atoms with van der Waals surface area (Å²) in [5.74, 6) is -1.35. The summed E-state index contributed by atoms with van der Waals surface area (Å²) in [6.07, 6.45) is 1.19.